The summed E-state index contributed by atoms with van der Waals surface area (Å²) in [6, 6.07) is 60.3. The molecule has 7 aromatic carbocycles. The average molecular weight is 631 g/mol. The summed E-state index contributed by atoms with van der Waals surface area (Å²) in [5.41, 5.74) is 15.6. The monoisotopic (exact) mass is 630 g/mol. The Labute approximate surface area is 286 Å². The first kappa shape index (κ1) is 29.0. The third-order valence-corrected chi connectivity index (χ3v) is 9.93. The molecule has 0 radical (unpaired) electrons. The molecule has 0 fully saturated rings. The lowest BCUT2D eigenvalue weighted by Crippen LogP contribution is -2.16. The largest absolute Gasteiger partial charge is 0.436 e. The number of aromatic nitrogens is 1. The Bertz CT molecular complexity index is 2330. The maximum absolute atomic E-state index is 6.30. The summed E-state index contributed by atoms with van der Waals surface area (Å²) in [6.45, 7) is 4.65. The van der Waals surface area contributed by atoms with Crippen LogP contribution in [0.3, 0.4) is 0 Å². The van der Waals surface area contributed by atoms with Crippen LogP contribution in [-0.2, 0) is 5.41 Å². The summed E-state index contributed by atoms with van der Waals surface area (Å²) in [5.74, 6) is 0.657. The molecule has 3 heteroatoms. The lowest BCUT2D eigenvalue weighted by Gasteiger charge is -2.28. The van der Waals surface area contributed by atoms with Crippen LogP contribution in [0.1, 0.15) is 25.0 Å². The van der Waals surface area contributed by atoms with Gasteiger partial charge in [0.05, 0.1) is 0 Å². The first-order valence-corrected chi connectivity index (χ1v) is 16.8. The number of nitrogens with zero attached hydrogens (tertiary/aromatic N) is 2. The van der Waals surface area contributed by atoms with Crippen molar-refractivity contribution >= 4 is 28.2 Å². The first-order chi connectivity index (χ1) is 24.0. The molecule has 0 saturated carbocycles. The highest BCUT2D eigenvalue weighted by molar-refractivity contribution is 5.93. The molecule has 0 spiro atoms. The number of para-hydroxylation sites is 2. The van der Waals surface area contributed by atoms with Crippen molar-refractivity contribution in [3.05, 3.63) is 181 Å². The number of anilines is 3. The second kappa shape index (κ2) is 11.5. The lowest BCUT2D eigenvalue weighted by molar-refractivity contribution is 0.619. The Balaban J connectivity index is 1.17. The molecule has 0 unspecified atom stereocenters. The lowest BCUT2D eigenvalue weighted by atomic mass is 9.82. The molecule has 1 heterocycles. The molecule has 8 aromatic rings. The van der Waals surface area contributed by atoms with Crippen molar-refractivity contribution in [1.29, 1.82) is 0 Å². The van der Waals surface area contributed by atoms with Crippen LogP contribution in [0.15, 0.2) is 174 Å². The Morgan fingerprint density at radius 1 is 0.469 bits per heavy atom. The van der Waals surface area contributed by atoms with Gasteiger partial charge in [-0.2, -0.15) is 0 Å². The fourth-order valence-corrected chi connectivity index (χ4v) is 7.39. The zero-order valence-electron chi connectivity index (χ0n) is 27.5. The van der Waals surface area contributed by atoms with Gasteiger partial charge in [-0.1, -0.05) is 129 Å². The van der Waals surface area contributed by atoms with Crippen LogP contribution in [0.4, 0.5) is 17.1 Å². The van der Waals surface area contributed by atoms with Gasteiger partial charge < -0.3 is 9.32 Å². The third-order valence-electron chi connectivity index (χ3n) is 9.93. The molecule has 0 N–H and O–H groups in total. The van der Waals surface area contributed by atoms with Crippen LogP contribution in [0.5, 0.6) is 0 Å². The minimum Gasteiger partial charge on any atom is -0.436 e. The van der Waals surface area contributed by atoms with Gasteiger partial charge in [0, 0.05) is 28.0 Å². The fraction of sp³-hybridized carbons (Fsp3) is 0.0652. The van der Waals surface area contributed by atoms with E-state index >= 15 is 0 Å². The minimum absolute atomic E-state index is 0.220. The van der Waals surface area contributed by atoms with Crippen LogP contribution in [0, 0.1) is 0 Å². The quantitative estimate of drug-likeness (QED) is 0.183. The second-order valence-electron chi connectivity index (χ2n) is 13.2. The van der Waals surface area contributed by atoms with E-state index in [0.717, 1.165) is 33.7 Å². The molecule has 0 saturated heterocycles. The predicted molar refractivity (Wildman–Crippen MR) is 203 cm³/mol. The van der Waals surface area contributed by atoms with Gasteiger partial charge >= 0.3 is 0 Å². The Hall–Kier alpha value is -6.19. The molecule has 1 aliphatic carbocycles. The van der Waals surface area contributed by atoms with Gasteiger partial charge in [0.1, 0.15) is 5.52 Å². The summed E-state index contributed by atoms with van der Waals surface area (Å²) in [5, 5.41) is 0. The summed E-state index contributed by atoms with van der Waals surface area (Å²) in [6.07, 6.45) is 0. The molecule has 3 nitrogen and oxygen atoms in total. The molecule has 9 rings (SSSR count). The van der Waals surface area contributed by atoms with Gasteiger partial charge in [-0.3, -0.25) is 0 Å². The number of rotatable bonds is 6. The van der Waals surface area contributed by atoms with Crippen LogP contribution in [0.2, 0.25) is 0 Å². The number of oxazole rings is 1. The standard InChI is InChI=1S/C46H34N2O/c1-46(2)40-17-11-16-39(45-47-42-18-9-10-19-43(42)49-45)44(40)38-29-28-37(30-41(38)46)48(35-24-20-33(21-25-35)31-12-5-3-6-13-31)36-26-22-34(23-27-36)32-14-7-4-8-15-32/h3-30H,1-2H3. The zero-order valence-corrected chi connectivity index (χ0v) is 27.5. The second-order valence-corrected chi connectivity index (χ2v) is 13.2. The number of benzene rings is 7. The summed E-state index contributed by atoms with van der Waals surface area (Å²) >= 11 is 0. The molecule has 0 amide bonds. The van der Waals surface area contributed by atoms with Crippen molar-refractivity contribution in [2.45, 2.75) is 19.3 Å². The van der Waals surface area contributed by atoms with Gasteiger partial charge in [0.15, 0.2) is 5.58 Å². The average Bonchev–Trinajstić information content (AvgIpc) is 3.69. The van der Waals surface area contributed by atoms with Crippen LogP contribution < -0.4 is 4.90 Å². The van der Waals surface area contributed by atoms with Crippen molar-refractivity contribution in [2.24, 2.45) is 0 Å². The van der Waals surface area contributed by atoms with Gasteiger partial charge in [-0.25, -0.2) is 4.98 Å². The Kier molecular flexibility index (Phi) is 6.80. The molecule has 0 atom stereocenters. The molecule has 1 aromatic heterocycles. The van der Waals surface area contributed by atoms with E-state index in [1.54, 1.807) is 0 Å². The highest BCUT2D eigenvalue weighted by Crippen LogP contribution is 2.53. The van der Waals surface area contributed by atoms with Gasteiger partial charge in [-0.15, -0.1) is 0 Å². The summed E-state index contributed by atoms with van der Waals surface area (Å²) in [4.78, 5) is 7.25. The van der Waals surface area contributed by atoms with Crippen molar-refractivity contribution in [2.75, 3.05) is 4.90 Å². The Morgan fingerprint density at radius 2 is 1.02 bits per heavy atom. The molecule has 1 aliphatic rings. The molecule has 0 aliphatic heterocycles. The van der Waals surface area contributed by atoms with E-state index in [-0.39, 0.29) is 5.41 Å². The molecular weight excluding hydrogens is 597 g/mol. The summed E-state index contributed by atoms with van der Waals surface area (Å²) < 4.78 is 6.30. The Morgan fingerprint density at radius 3 is 1.63 bits per heavy atom. The number of hydrogen-bond donors (Lipinski definition) is 0. The van der Waals surface area contributed by atoms with Crippen LogP contribution in [0.25, 0.3) is 55.9 Å². The number of hydrogen-bond acceptors (Lipinski definition) is 3. The SMILES string of the molecule is CC1(C)c2cc(N(c3ccc(-c4ccccc4)cc3)c3ccc(-c4ccccc4)cc3)ccc2-c2c(-c3nc4ccccc4o3)cccc21. The van der Waals surface area contributed by atoms with Crippen molar-refractivity contribution in [3.63, 3.8) is 0 Å². The van der Waals surface area contributed by atoms with E-state index in [0.29, 0.717) is 5.89 Å². The van der Waals surface area contributed by atoms with Crippen molar-refractivity contribution in [1.82, 2.24) is 4.98 Å². The van der Waals surface area contributed by atoms with E-state index in [1.165, 1.54) is 44.5 Å². The smallest absolute Gasteiger partial charge is 0.227 e. The van der Waals surface area contributed by atoms with Crippen LogP contribution >= 0.6 is 0 Å². The highest BCUT2D eigenvalue weighted by Gasteiger charge is 2.38. The maximum Gasteiger partial charge on any atom is 0.227 e. The topological polar surface area (TPSA) is 29.3 Å². The summed E-state index contributed by atoms with van der Waals surface area (Å²) in [7, 11) is 0. The third kappa shape index (κ3) is 4.94. The van der Waals surface area contributed by atoms with Gasteiger partial charge in [0.2, 0.25) is 5.89 Å². The van der Waals surface area contributed by atoms with Gasteiger partial charge in [-0.05, 0) is 99.1 Å². The molecule has 49 heavy (non-hydrogen) atoms. The van der Waals surface area contributed by atoms with Crippen molar-refractivity contribution in [3.8, 4) is 44.8 Å². The highest BCUT2D eigenvalue weighted by atomic mass is 16.3. The van der Waals surface area contributed by atoms with E-state index in [2.05, 4.69) is 164 Å². The van der Waals surface area contributed by atoms with Gasteiger partial charge in [0.25, 0.3) is 0 Å². The van der Waals surface area contributed by atoms with Crippen molar-refractivity contribution < 1.29 is 4.42 Å². The van der Waals surface area contributed by atoms with E-state index in [4.69, 9.17) is 9.40 Å². The van der Waals surface area contributed by atoms with E-state index < -0.39 is 0 Å². The minimum atomic E-state index is -0.220. The predicted octanol–water partition coefficient (Wildman–Crippen LogP) is 12.6. The van der Waals surface area contributed by atoms with E-state index in [9.17, 15) is 0 Å². The number of fused-ring (bicyclic) bond motifs is 4. The molecule has 0 bridgehead atoms. The first-order valence-electron chi connectivity index (χ1n) is 16.8. The normalized spacial score (nSPS) is 12.9. The van der Waals surface area contributed by atoms with Crippen LogP contribution in [-0.4, -0.2) is 4.98 Å². The van der Waals surface area contributed by atoms with E-state index in [1.807, 2.05) is 24.3 Å². The maximum atomic E-state index is 6.30. The molecular formula is C46H34N2O. The zero-order chi connectivity index (χ0) is 33.0. The fourth-order valence-electron chi connectivity index (χ4n) is 7.39. The molecule has 234 valence electrons.